The third-order valence-electron chi connectivity index (χ3n) is 3.27. The molecule has 2 aromatic rings. The van der Waals surface area contributed by atoms with Gasteiger partial charge in [0.15, 0.2) is 0 Å². The van der Waals surface area contributed by atoms with Crippen LogP contribution in [0.4, 0.5) is 11.4 Å². The number of rotatable bonds is 2. The second-order valence-corrected chi connectivity index (χ2v) is 5.32. The van der Waals surface area contributed by atoms with Crippen molar-refractivity contribution < 1.29 is 9.59 Å². The topological polar surface area (TPSA) is 49.4 Å². The first-order chi connectivity index (χ1) is 9.63. The van der Waals surface area contributed by atoms with Gasteiger partial charge >= 0.3 is 0 Å². The maximum atomic E-state index is 12.5. The van der Waals surface area contributed by atoms with Gasteiger partial charge in [-0.2, -0.15) is 0 Å². The highest BCUT2D eigenvalue weighted by Crippen LogP contribution is 2.33. The van der Waals surface area contributed by atoms with E-state index in [0.717, 1.165) is 4.47 Å². The molecule has 2 aromatic carbocycles. The highest BCUT2D eigenvalue weighted by atomic mass is 79.9. The lowest BCUT2D eigenvalue weighted by Gasteiger charge is -2.13. The Morgan fingerprint density at radius 2 is 1.70 bits per heavy atom. The van der Waals surface area contributed by atoms with Gasteiger partial charge in [0.05, 0.1) is 16.8 Å². The Labute approximate surface area is 124 Å². The van der Waals surface area contributed by atoms with Crippen molar-refractivity contribution in [2.75, 3.05) is 17.3 Å². The van der Waals surface area contributed by atoms with Gasteiger partial charge in [0, 0.05) is 17.2 Å². The van der Waals surface area contributed by atoms with Crippen LogP contribution in [0.25, 0.3) is 0 Å². The zero-order valence-electron chi connectivity index (χ0n) is 10.7. The predicted octanol–water partition coefficient (Wildman–Crippen LogP) is 3.29. The van der Waals surface area contributed by atoms with Crippen molar-refractivity contribution in [2.45, 2.75) is 0 Å². The highest BCUT2D eigenvalue weighted by molar-refractivity contribution is 9.10. The van der Waals surface area contributed by atoms with Gasteiger partial charge in [-0.05, 0) is 36.4 Å². The van der Waals surface area contributed by atoms with Crippen LogP contribution in [0, 0.1) is 0 Å². The molecule has 0 bridgehead atoms. The minimum Gasteiger partial charge on any atom is -0.387 e. The van der Waals surface area contributed by atoms with Crippen LogP contribution in [0.5, 0.6) is 0 Å². The molecule has 1 aliphatic heterocycles. The Morgan fingerprint density at radius 1 is 1.00 bits per heavy atom. The molecule has 5 heteroatoms. The van der Waals surface area contributed by atoms with Gasteiger partial charge < -0.3 is 5.32 Å². The summed E-state index contributed by atoms with van der Waals surface area (Å²) in [5.41, 5.74) is 2.11. The molecule has 0 aliphatic carbocycles. The van der Waals surface area contributed by atoms with Crippen molar-refractivity contribution in [2.24, 2.45) is 0 Å². The predicted molar refractivity (Wildman–Crippen MR) is 81.3 cm³/mol. The minimum atomic E-state index is -0.294. The van der Waals surface area contributed by atoms with E-state index >= 15 is 0 Å². The molecule has 4 nitrogen and oxygen atoms in total. The first-order valence-corrected chi connectivity index (χ1v) is 6.88. The molecule has 0 atom stereocenters. The summed E-state index contributed by atoms with van der Waals surface area (Å²) in [5.74, 6) is -0.582. The van der Waals surface area contributed by atoms with E-state index in [4.69, 9.17) is 0 Å². The number of fused-ring (bicyclic) bond motifs is 1. The summed E-state index contributed by atoms with van der Waals surface area (Å²) in [6, 6.07) is 12.3. The molecular weight excluding hydrogens is 320 g/mol. The van der Waals surface area contributed by atoms with Crippen molar-refractivity contribution in [3.63, 3.8) is 0 Å². The van der Waals surface area contributed by atoms with Gasteiger partial charge in [-0.1, -0.05) is 22.0 Å². The first-order valence-electron chi connectivity index (χ1n) is 6.08. The molecule has 0 fully saturated rings. The molecule has 20 heavy (non-hydrogen) atoms. The monoisotopic (exact) mass is 330 g/mol. The number of halogens is 1. The maximum absolute atomic E-state index is 12.5. The SMILES string of the molecule is CNc1cccc2c1C(=O)N(c1ccc(Br)cc1)C2=O. The molecule has 1 N–H and O–H groups in total. The Morgan fingerprint density at radius 3 is 2.35 bits per heavy atom. The fraction of sp³-hybridized carbons (Fsp3) is 0.0667. The number of nitrogens with one attached hydrogen (secondary N) is 1. The van der Waals surface area contributed by atoms with Crippen LogP contribution in [-0.2, 0) is 0 Å². The zero-order chi connectivity index (χ0) is 14.3. The third kappa shape index (κ3) is 1.82. The second kappa shape index (κ2) is 4.76. The third-order valence-corrected chi connectivity index (χ3v) is 3.80. The van der Waals surface area contributed by atoms with E-state index in [-0.39, 0.29) is 11.8 Å². The Hall–Kier alpha value is -2.14. The smallest absolute Gasteiger partial charge is 0.268 e. The Kier molecular flexibility index (Phi) is 3.06. The Balaban J connectivity index is 2.12. The van der Waals surface area contributed by atoms with Gasteiger partial charge in [-0.3, -0.25) is 9.59 Å². The summed E-state index contributed by atoms with van der Waals surface area (Å²) < 4.78 is 0.897. The number of nitrogens with zero attached hydrogens (tertiary/aromatic N) is 1. The number of carbonyl (C=O) groups excluding carboxylic acids is 2. The number of anilines is 2. The van der Waals surface area contributed by atoms with E-state index in [9.17, 15) is 9.59 Å². The van der Waals surface area contributed by atoms with E-state index in [2.05, 4.69) is 21.2 Å². The highest BCUT2D eigenvalue weighted by Gasteiger charge is 2.38. The summed E-state index contributed by atoms with van der Waals surface area (Å²) in [5, 5.41) is 2.95. The van der Waals surface area contributed by atoms with Crippen LogP contribution < -0.4 is 10.2 Å². The number of benzene rings is 2. The summed E-state index contributed by atoms with van der Waals surface area (Å²) in [7, 11) is 1.73. The molecule has 0 saturated heterocycles. The van der Waals surface area contributed by atoms with Gasteiger partial charge in [-0.15, -0.1) is 0 Å². The fourth-order valence-electron chi connectivity index (χ4n) is 2.32. The van der Waals surface area contributed by atoms with Crippen LogP contribution >= 0.6 is 15.9 Å². The van der Waals surface area contributed by atoms with Crippen LogP contribution in [-0.4, -0.2) is 18.9 Å². The summed E-state index contributed by atoms with van der Waals surface area (Å²) >= 11 is 3.34. The lowest BCUT2D eigenvalue weighted by Crippen LogP contribution is -2.29. The van der Waals surface area contributed by atoms with Gasteiger partial charge in [0.2, 0.25) is 0 Å². The molecular formula is C15H11BrN2O2. The quantitative estimate of drug-likeness (QED) is 0.859. The molecule has 0 saturated carbocycles. The normalized spacial score (nSPS) is 13.6. The number of carbonyl (C=O) groups is 2. The average molecular weight is 331 g/mol. The summed E-state index contributed by atoms with van der Waals surface area (Å²) in [6.45, 7) is 0. The summed E-state index contributed by atoms with van der Waals surface area (Å²) in [4.78, 5) is 26.2. The van der Waals surface area contributed by atoms with Gasteiger partial charge in [0.25, 0.3) is 11.8 Å². The van der Waals surface area contributed by atoms with Crippen LogP contribution in [0.1, 0.15) is 20.7 Å². The zero-order valence-corrected chi connectivity index (χ0v) is 12.3. The van der Waals surface area contributed by atoms with E-state index in [0.29, 0.717) is 22.5 Å². The lowest BCUT2D eigenvalue weighted by atomic mass is 10.1. The van der Waals surface area contributed by atoms with E-state index < -0.39 is 0 Å². The average Bonchev–Trinajstić information content (AvgIpc) is 2.72. The number of hydrogen-bond donors (Lipinski definition) is 1. The lowest BCUT2D eigenvalue weighted by molar-refractivity contribution is 0.0926. The maximum Gasteiger partial charge on any atom is 0.268 e. The van der Waals surface area contributed by atoms with E-state index in [1.54, 1.807) is 49.5 Å². The van der Waals surface area contributed by atoms with E-state index in [1.165, 1.54) is 4.90 Å². The van der Waals surface area contributed by atoms with E-state index in [1.807, 2.05) is 0 Å². The van der Waals surface area contributed by atoms with Crippen molar-refractivity contribution in [3.8, 4) is 0 Å². The van der Waals surface area contributed by atoms with Crippen LogP contribution in [0.15, 0.2) is 46.9 Å². The molecule has 3 rings (SSSR count). The molecule has 1 aliphatic rings. The number of imide groups is 1. The number of amides is 2. The standard InChI is InChI=1S/C15H11BrN2O2/c1-17-12-4-2-3-11-13(12)15(20)18(14(11)19)10-7-5-9(16)6-8-10/h2-8,17H,1H3. The van der Waals surface area contributed by atoms with Crippen molar-refractivity contribution in [3.05, 3.63) is 58.1 Å². The molecule has 0 radical (unpaired) electrons. The molecule has 0 aromatic heterocycles. The van der Waals surface area contributed by atoms with Crippen molar-refractivity contribution in [1.82, 2.24) is 0 Å². The molecule has 1 heterocycles. The molecule has 0 spiro atoms. The molecule has 2 amide bonds. The van der Waals surface area contributed by atoms with Crippen LogP contribution in [0.3, 0.4) is 0 Å². The largest absolute Gasteiger partial charge is 0.387 e. The van der Waals surface area contributed by atoms with Gasteiger partial charge in [-0.25, -0.2) is 4.90 Å². The first kappa shape index (κ1) is 12.9. The number of hydrogen-bond acceptors (Lipinski definition) is 3. The van der Waals surface area contributed by atoms with Crippen LogP contribution in [0.2, 0.25) is 0 Å². The molecule has 0 unspecified atom stereocenters. The summed E-state index contributed by atoms with van der Waals surface area (Å²) in [6.07, 6.45) is 0. The van der Waals surface area contributed by atoms with Crippen molar-refractivity contribution >= 4 is 39.1 Å². The fourth-order valence-corrected chi connectivity index (χ4v) is 2.58. The van der Waals surface area contributed by atoms with Gasteiger partial charge in [0.1, 0.15) is 0 Å². The molecule has 100 valence electrons. The minimum absolute atomic E-state index is 0.288. The Bertz CT molecular complexity index is 710. The second-order valence-electron chi connectivity index (χ2n) is 4.40. The van der Waals surface area contributed by atoms with Crippen molar-refractivity contribution in [1.29, 1.82) is 0 Å².